The summed E-state index contributed by atoms with van der Waals surface area (Å²) in [6.07, 6.45) is 9.96. The number of amides is 1. The lowest BCUT2D eigenvalue weighted by molar-refractivity contribution is -0.116. The number of aryl methyl sites for hydroxylation is 1. The van der Waals surface area contributed by atoms with Crippen molar-refractivity contribution in [2.75, 3.05) is 31.6 Å². The van der Waals surface area contributed by atoms with Crippen molar-refractivity contribution < 1.29 is 9.53 Å². The highest BCUT2D eigenvalue weighted by atomic mass is 16.5. The number of hydrogen-bond acceptors (Lipinski definition) is 3. The first-order chi connectivity index (χ1) is 11.7. The monoisotopic (exact) mass is 328 g/mol. The standard InChI is InChI=1S/C20H28N2O2/c23-19-6-3-16-15-17(4-5-18(16)21-19)24-14-13-22-11-9-20(10-12-22)7-1-2-8-20/h4-5,15H,1-3,6-14H2,(H,21,23). The number of hydrogen-bond donors (Lipinski definition) is 1. The number of piperidine rings is 1. The van der Waals surface area contributed by atoms with Crippen molar-refractivity contribution >= 4 is 11.6 Å². The Bertz CT molecular complexity index is 598. The highest BCUT2D eigenvalue weighted by molar-refractivity contribution is 5.93. The predicted octanol–water partition coefficient (Wildman–Crippen LogP) is 3.61. The van der Waals surface area contributed by atoms with Crippen molar-refractivity contribution in [3.05, 3.63) is 23.8 Å². The number of fused-ring (bicyclic) bond motifs is 1. The number of carbonyl (C=O) groups is 1. The van der Waals surface area contributed by atoms with Gasteiger partial charge in [0.1, 0.15) is 12.4 Å². The maximum atomic E-state index is 11.4. The Labute approximate surface area is 144 Å². The summed E-state index contributed by atoms with van der Waals surface area (Å²) >= 11 is 0. The van der Waals surface area contributed by atoms with Gasteiger partial charge in [-0.25, -0.2) is 0 Å². The van der Waals surface area contributed by atoms with E-state index in [1.165, 1.54) is 57.2 Å². The van der Waals surface area contributed by atoms with Gasteiger partial charge < -0.3 is 10.1 Å². The second-order valence-corrected chi connectivity index (χ2v) is 7.76. The number of nitrogens with one attached hydrogen (secondary N) is 1. The van der Waals surface area contributed by atoms with Gasteiger partial charge in [-0.3, -0.25) is 9.69 Å². The predicted molar refractivity (Wildman–Crippen MR) is 95.5 cm³/mol. The Balaban J connectivity index is 1.24. The maximum absolute atomic E-state index is 11.4. The summed E-state index contributed by atoms with van der Waals surface area (Å²) < 4.78 is 5.96. The molecule has 3 aliphatic rings. The Morgan fingerprint density at radius 3 is 2.67 bits per heavy atom. The van der Waals surface area contributed by atoms with Crippen LogP contribution in [0.2, 0.25) is 0 Å². The summed E-state index contributed by atoms with van der Waals surface area (Å²) in [5, 5.41) is 2.92. The van der Waals surface area contributed by atoms with Crippen LogP contribution >= 0.6 is 0 Å². The van der Waals surface area contributed by atoms with E-state index >= 15 is 0 Å². The molecule has 4 heteroatoms. The Hall–Kier alpha value is -1.55. The summed E-state index contributed by atoms with van der Waals surface area (Å²) in [7, 11) is 0. The van der Waals surface area contributed by atoms with E-state index in [1.54, 1.807) is 0 Å². The second kappa shape index (κ2) is 6.75. The Kier molecular flexibility index (Phi) is 4.49. The van der Waals surface area contributed by atoms with Crippen LogP contribution in [0.15, 0.2) is 18.2 Å². The summed E-state index contributed by atoms with van der Waals surface area (Å²) in [6.45, 7) is 4.24. The molecule has 2 aliphatic heterocycles. The number of nitrogens with zero attached hydrogens (tertiary/aromatic N) is 1. The van der Waals surface area contributed by atoms with Gasteiger partial charge in [-0.1, -0.05) is 12.8 Å². The molecule has 1 spiro atoms. The zero-order chi connectivity index (χ0) is 16.4. The van der Waals surface area contributed by atoms with E-state index < -0.39 is 0 Å². The lowest BCUT2D eigenvalue weighted by Gasteiger charge is -2.39. The molecule has 0 radical (unpaired) electrons. The third-order valence-electron chi connectivity index (χ3n) is 6.23. The van der Waals surface area contributed by atoms with E-state index in [0.29, 0.717) is 11.8 Å². The number of anilines is 1. The number of benzene rings is 1. The second-order valence-electron chi connectivity index (χ2n) is 7.76. The van der Waals surface area contributed by atoms with E-state index in [4.69, 9.17) is 4.74 Å². The van der Waals surface area contributed by atoms with Gasteiger partial charge in [-0.2, -0.15) is 0 Å². The van der Waals surface area contributed by atoms with E-state index in [-0.39, 0.29) is 5.91 Å². The molecule has 2 fully saturated rings. The fraction of sp³-hybridized carbons (Fsp3) is 0.650. The van der Waals surface area contributed by atoms with Crippen molar-refractivity contribution in [2.45, 2.75) is 51.4 Å². The summed E-state index contributed by atoms with van der Waals surface area (Å²) in [6, 6.07) is 6.01. The minimum Gasteiger partial charge on any atom is -0.492 e. The molecule has 1 aromatic rings. The van der Waals surface area contributed by atoms with Crippen LogP contribution in [0, 0.1) is 5.41 Å². The number of likely N-dealkylation sites (tertiary alicyclic amines) is 1. The molecule has 1 aliphatic carbocycles. The number of carbonyl (C=O) groups excluding carboxylic acids is 1. The van der Waals surface area contributed by atoms with Gasteiger partial charge in [0.2, 0.25) is 5.91 Å². The van der Waals surface area contributed by atoms with Crippen LogP contribution in [0.4, 0.5) is 5.69 Å². The third-order valence-corrected chi connectivity index (χ3v) is 6.23. The van der Waals surface area contributed by atoms with Crippen LogP contribution in [0.25, 0.3) is 0 Å². The molecule has 0 unspecified atom stereocenters. The van der Waals surface area contributed by atoms with E-state index in [2.05, 4.69) is 16.3 Å². The Morgan fingerprint density at radius 1 is 1.08 bits per heavy atom. The topological polar surface area (TPSA) is 41.6 Å². The molecule has 2 heterocycles. The van der Waals surface area contributed by atoms with E-state index in [9.17, 15) is 4.79 Å². The quantitative estimate of drug-likeness (QED) is 0.918. The van der Waals surface area contributed by atoms with Crippen LogP contribution in [0.1, 0.15) is 50.5 Å². The van der Waals surface area contributed by atoms with Crippen molar-refractivity contribution in [1.29, 1.82) is 0 Å². The average Bonchev–Trinajstić information content (AvgIpc) is 3.05. The number of rotatable bonds is 4. The Morgan fingerprint density at radius 2 is 1.88 bits per heavy atom. The maximum Gasteiger partial charge on any atom is 0.224 e. The van der Waals surface area contributed by atoms with E-state index in [0.717, 1.165) is 31.0 Å². The first-order valence-corrected chi connectivity index (χ1v) is 9.50. The van der Waals surface area contributed by atoms with Crippen LogP contribution in [0.3, 0.4) is 0 Å². The summed E-state index contributed by atoms with van der Waals surface area (Å²) in [5.41, 5.74) is 2.82. The highest BCUT2D eigenvalue weighted by Gasteiger charge is 2.36. The average molecular weight is 328 g/mol. The van der Waals surface area contributed by atoms with Crippen LogP contribution < -0.4 is 10.1 Å². The van der Waals surface area contributed by atoms with Crippen LogP contribution in [0.5, 0.6) is 5.75 Å². The van der Waals surface area contributed by atoms with Gasteiger partial charge in [0, 0.05) is 18.7 Å². The van der Waals surface area contributed by atoms with E-state index in [1.807, 2.05) is 12.1 Å². The molecule has 1 saturated carbocycles. The molecule has 1 saturated heterocycles. The first kappa shape index (κ1) is 15.9. The van der Waals surface area contributed by atoms with Gasteiger partial charge in [-0.05, 0) is 74.4 Å². The molecular weight excluding hydrogens is 300 g/mol. The molecule has 4 nitrogen and oxygen atoms in total. The molecule has 0 aromatic heterocycles. The highest BCUT2D eigenvalue weighted by Crippen LogP contribution is 2.46. The van der Waals surface area contributed by atoms with Gasteiger partial charge in [0.25, 0.3) is 0 Å². The normalized spacial score (nSPS) is 23.1. The van der Waals surface area contributed by atoms with Crippen LogP contribution in [-0.2, 0) is 11.2 Å². The van der Waals surface area contributed by atoms with Crippen LogP contribution in [-0.4, -0.2) is 37.0 Å². The zero-order valence-corrected chi connectivity index (χ0v) is 14.5. The third kappa shape index (κ3) is 3.44. The lowest BCUT2D eigenvalue weighted by atomic mass is 9.77. The zero-order valence-electron chi connectivity index (χ0n) is 14.5. The molecule has 4 rings (SSSR count). The van der Waals surface area contributed by atoms with Gasteiger partial charge in [0.15, 0.2) is 0 Å². The molecule has 1 amide bonds. The molecule has 1 N–H and O–H groups in total. The minimum atomic E-state index is 0.112. The van der Waals surface area contributed by atoms with Gasteiger partial charge in [-0.15, -0.1) is 0 Å². The molecule has 130 valence electrons. The SMILES string of the molecule is O=C1CCc2cc(OCCN3CCC4(CCCC4)CC3)ccc2N1. The fourth-order valence-corrected chi connectivity index (χ4v) is 4.62. The van der Waals surface area contributed by atoms with Crippen molar-refractivity contribution in [2.24, 2.45) is 5.41 Å². The molecule has 1 aromatic carbocycles. The number of ether oxygens (including phenoxy) is 1. The lowest BCUT2D eigenvalue weighted by Crippen LogP contribution is -2.40. The van der Waals surface area contributed by atoms with Gasteiger partial charge >= 0.3 is 0 Å². The minimum absolute atomic E-state index is 0.112. The largest absolute Gasteiger partial charge is 0.492 e. The van der Waals surface area contributed by atoms with Crippen molar-refractivity contribution in [3.63, 3.8) is 0 Å². The smallest absolute Gasteiger partial charge is 0.224 e. The molecule has 0 bridgehead atoms. The first-order valence-electron chi connectivity index (χ1n) is 9.50. The molecular formula is C20H28N2O2. The van der Waals surface area contributed by atoms with Crippen molar-refractivity contribution in [3.8, 4) is 5.75 Å². The molecule has 0 atom stereocenters. The fourth-order valence-electron chi connectivity index (χ4n) is 4.62. The van der Waals surface area contributed by atoms with Gasteiger partial charge in [0.05, 0.1) is 0 Å². The van der Waals surface area contributed by atoms with Crippen molar-refractivity contribution in [1.82, 2.24) is 4.90 Å². The summed E-state index contributed by atoms with van der Waals surface area (Å²) in [5.74, 6) is 1.04. The molecule has 24 heavy (non-hydrogen) atoms. The summed E-state index contributed by atoms with van der Waals surface area (Å²) in [4.78, 5) is 14.0.